The van der Waals surface area contributed by atoms with Gasteiger partial charge in [0.25, 0.3) is 0 Å². The Balaban J connectivity index is 1.68. The van der Waals surface area contributed by atoms with Gasteiger partial charge in [-0.25, -0.2) is 0 Å². The van der Waals surface area contributed by atoms with Crippen LogP contribution in [-0.2, 0) is 5.41 Å². The molecule has 3 aromatic carbocycles. The summed E-state index contributed by atoms with van der Waals surface area (Å²) in [6, 6.07) is 17.6. The third-order valence-corrected chi connectivity index (χ3v) is 8.31. The van der Waals surface area contributed by atoms with Crippen molar-refractivity contribution in [2.75, 3.05) is 0 Å². The van der Waals surface area contributed by atoms with Crippen molar-refractivity contribution >= 4 is 48.6 Å². The zero-order valence-corrected chi connectivity index (χ0v) is 18.8. The van der Waals surface area contributed by atoms with Crippen molar-refractivity contribution in [3.8, 4) is 0 Å². The van der Waals surface area contributed by atoms with Crippen molar-refractivity contribution in [1.82, 2.24) is 0 Å². The molecule has 2 bridgehead atoms. The molecular weight excluding hydrogens is 420 g/mol. The Morgan fingerprint density at radius 3 is 2.34 bits per heavy atom. The predicted molar refractivity (Wildman–Crippen MR) is 126 cm³/mol. The highest BCUT2D eigenvalue weighted by Gasteiger charge is 2.46. The van der Waals surface area contributed by atoms with E-state index in [9.17, 15) is 0 Å². The number of hydrogen-bond donors (Lipinski definition) is 0. The van der Waals surface area contributed by atoms with Crippen LogP contribution in [0.1, 0.15) is 51.5 Å². The van der Waals surface area contributed by atoms with Crippen LogP contribution < -0.4 is 0 Å². The molecule has 0 amide bonds. The first-order valence-corrected chi connectivity index (χ1v) is 11.9. The third-order valence-electron chi connectivity index (χ3n) is 7.65. The summed E-state index contributed by atoms with van der Waals surface area (Å²) in [7, 11) is 0. The van der Waals surface area contributed by atoms with Crippen LogP contribution in [0.2, 0.25) is 0 Å². The SMILES string of the molecule is CC1CC2CC(C)CC(c3cccc4oc5c6ccccc6c(Br)cc5c34)(C1)C2. The van der Waals surface area contributed by atoms with E-state index in [1.807, 2.05) is 0 Å². The van der Waals surface area contributed by atoms with E-state index in [2.05, 4.69) is 78.3 Å². The van der Waals surface area contributed by atoms with Gasteiger partial charge < -0.3 is 4.42 Å². The smallest absolute Gasteiger partial charge is 0.143 e. The van der Waals surface area contributed by atoms with Crippen LogP contribution in [0.15, 0.2) is 57.4 Å². The summed E-state index contributed by atoms with van der Waals surface area (Å²) in [6.45, 7) is 4.93. The van der Waals surface area contributed by atoms with Gasteiger partial charge in [-0.15, -0.1) is 0 Å². The lowest BCUT2D eigenvalue weighted by Crippen LogP contribution is -2.42. The van der Waals surface area contributed by atoms with Crippen molar-refractivity contribution in [3.63, 3.8) is 0 Å². The summed E-state index contributed by atoms with van der Waals surface area (Å²) >= 11 is 3.84. The lowest BCUT2D eigenvalue weighted by molar-refractivity contribution is 0.0790. The van der Waals surface area contributed by atoms with Gasteiger partial charge in [0.05, 0.1) is 0 Å². The van der Waals surface area contributed by atoms with E-state index in [0.717, 1.165) is 33.4 Å². The maximum Gasteiger partial charge on any atom is 0.143 e. The predicted octanol–water partition coefficient (Wildman–Crippen LogP) is 8.61. The molecule has 29 heavy (non-hydrogen) atoms. The molecule has 1 heterocycles. The average molecular weight is 447 g/mol. The van der Waals surface area contributed by atoms with Gasteiger partial charge in [0.15, 0.2) is 0 Å². The molecule has 2 atom stereocenters. The second-order valence-electron chi connectivity index (χ2n) is 10.0. The van der Waals surface area contributed by atoms with Gasteiger partial charge in [-0.05, 0) is 78.4 Å². The highest BCUT2D eigenvalue weighted by atomic mass is 79.9. The van der Waals surface area contributed by atoms with Gasteiger partial charge in [0.2, 0.25) is 0 Å². The number of rotatable bonds is 1. The van der Waals surface area contributed by atoms with Crippen molar-refractivity contribution in [2.45, 2.75) is 51.4 Å². The number of hydrogen-bond acceptors (Lipinski definition) is 1. The molecule has 0 spiro atoms. The molecule has 0 saturated heterocycles. The Morgan fingerprint density at radius 1 is 0.862 bits per heavy atom. The average Bonchev–Trinajstić information content (AvgIpc) is 3.06. The summed E-state index contributed by atoms with van der Waals surface area (Å²) in [4.78, 5) is 0. The number of halogens is 1. The monoisotopic (exact) mass is 446 g/mol. The maximum absolute atomic E-state index is 6.52. The van der Waals surface area contributed by atoms with Crippen LogP contribution in [0.25, 0.3) is 32.7 Å². The second-order valence-corrected chi connectivity index (χ2v) is 10.9. The molecule has 1 aromatic heterocycles. The molecular formula is C27H27BrO. The van der Waals surface area contributed by atoms with Crippen LogP contribution >= 0.6 is 15.9 Å². The van der Waals surface area contributed by atoms with Crippen molar-refractivity contribution in [3.05, 3.63) is 58.6 Å². The molecule has 2 saturated carbocycles. The van der Waals surface area contributed by atoms with Gasteiger partial charge in [0.1, 0.15) is 11.2 Å². The molecule has 2 aliphatic rings. The van der Waals surface area contributed by atoms with Gasteiger partial charge >= 0.3 is 0 Å². The third kappa shape index (κ3) is 2.64. The van der Waals surface area contributed by atoms with Crippen LogP contribution in [0.3, 0.4) is 0 Å². The zero-order chi connectivity index (χ0) is 19.8. The minimum absolute atomic E-state index is 0.300. The van der Waals surface area contributed by atoms with Gasteiger partial charge in [0, 0.05) is 20.6 Å². The Morgan fingerprint density at radius 2 is 1.59 bits per heavy atom. The molecule has 0 aliphatic heterocycles. The normalized spacial score (nSPS) is 29.7. The highest BCUT2D eigenvalue weighted by molar-refractivity contribution is 9.10. The highest BCUT2D eigenvalue weighted by Crippen LogP contribution is 2.56. The second kappa shape index (κ2) is 6.35. The van der Waals surface area contributed by atoms with E-state index >= 15 is 0 Å². The molecule has 1 nitrogen and oxygen atoms in total. The standard InChI is InChI=1S/C27H27BrO/c1-16-10-18-11-17(2)14-27(13-16,15-18)22-8-5-9-24-25(22)21-12-23(28)19-6-3-4-7-20(19)26(21)29-24/h3-9,12,16-18H,10-11,13-15H2,1-2H3. The fourth-order valence-corrected chi connectivity index (χ4v) is 7.65. The van der Waals surface area contributed by atoms with E-state index in [-0.39, 0.29) is 0 Å². The van der Waals surface area contributed by atoms with Gasteiger partial charge in [-0.1, -0.05) is 66.2 Å². The molecule has 2 fully saturated rings. The quantitative estimate of drug-likeness (QED) is 0.285. The summed E-state index contributed by atoms with van der Waals surface area (Å²) in [5.41, 5.74) is 3.92. The maximum atomic E-state index is 6.52. The lowest BCUT2D eigenvalue weighted by Gasteiger charge is -2.50. The fraction of sp³-hybridized carbons (Fsp3) is 0.407. The minimum atomic E-state index is 0.300. The number of benzene rings is 3. The van der Waals surface area contributed by atoms with E-state index in [0.29, 0.717) is 5.41 Å². The van der Waals surface area contributed by atoms with Crippen molar-refractivity contribution in [1.29, 1.82) is 0 Å². The van der Waals surface area contributed by atoms with Crippen molar-refractivity contribution in [2.24, 2.45) is 17.8 Å². The summed E-state index contributed by atoms with van der Waals surface area (Å²) in [5.74, 6) is 2.49. The Hall–Kier alpha value is -1.80. The Bertz CT molecular complexity index is 1230. The molecule has 0 radical (unpaired) electrons. The number of furan rings is 1. The van der Waals surface area contributed by atoms with E-state index in [1.165, 1.54) is 53.6 Å². The van der Waals surface area contributed by atoms with E-state index in [4.69, 9.17) is 4.42 Å². The summed E-state index contributed by atoms with van der Waals surface area (Å²) in [6.07, 6.45) is 6.79. The molecule has 2 aliphatic carbocycles. The molecule has 2 unspecified atom stereocenters. The largest absolute Gasteiger partial charge is 0.455 e. The van der Waals surface area contributed by atoms with Crippen LogP contribution in [0, 0.1) is 17.8 Å². The van der Waals surface area contributed by atoms with Crippen LogP contribution in [0.4, 0.5) is 0 Å². The molecule has 0 N–H and O–H groups in total. The summed E-state index contributed by atoms with van der Waals surface area (Å²) in [5, 5.41) is 5.04. The lowest BCUT2D eigenvalue weighted by atomic mass is 9.54. The van der Waals surface area contributed by atoms with E-state index < -0.39 is 0 Å². The molecule has 148 valence electrons. The number of fused-ring (bicyclic) bond motifs is 7. The zero-order valence-electron chi connectivity index (χ0n) is 17.2. The van der Waals surface area contributed by atoms with E-state index in [1.54, 1.807) is 5.56 Å². The fourth-order valence-electron chi connectivity index (χ4n) is 7.08. The van der Waals surface area contributed by atoms with Gasteiger partial charge in [-0.2, -0.15) is 0 Å². The first kappa shape index (κ1) is 18.0. The Labute approximate surface area is 180 Å². The van der Waals surface area contributed by atoms with Crippen LogP contribution in [-0.4, -0.2) is 0 Å². The minimum Gasteiger partial charge on any atom is -0.455 e. The Kier molecular flexibility index (Phi) is 3.94. The molecule has 2 heteroatoms. The summed E-state index contributed by atoms with van der Waals surface area (Å²) < 4.78 is 7.67. The first-order valence-electron chi connectivity index (χ1n) is 11.1. The first-order chi connectivity index (χ1) is 14.0. The molecule has 6 rings (SSSR count). The van der Waals surface area contributed by atoms with Crippen LogP contribution in [0.5, 0.6) is 0 Å². The molecule has 4 aromatic rings. The van der Waals surface area contributed by atoms with Gasteiger partial charge in [-0.3, -0.25) is 0 Å². The topological polar surface area (TPSA) is 13.1 Å². The van der Waals surface area contributed by atoms with Crippen molar-refractivity contribution < 1.29 is 4.42 Å².